The van der Waals surface area contributed by atoms with E-state index in [-0.39, 0.29) is 23.9 Å². The van der Waals surface area contributed by atoms with Crippen LogP contribution in [-0.4, -0.2) is 59.7 Å². The summed E-state index contributed by atoms with van der Waals surface area (Å²) in [6, 6.07) is 4.31. The first kappa shape index (κ1) is 18.9. The van der Waals surface area contributed by atoms with E-state index in [0.717, 1.165) is 5.56 Å². The second-order valence-electron chi connectivity index (χ2n) is 4.47. The second-order valence-corrected chi connectivity index (χ2v) is 5.82. The van der Waals surface area contributed by atoms with Crippen LogP contribution in [0.4, 0.5) is 0 Å². The van der Waals surface area contributed by atoms with Gasteiger partial charge in [0.25, 0.3) is 0 Å². The Hall–Kier alpha value is -1.19. The van der Waals surface area contributed by atoms with Gasteiger partial charge < -0.3 is 23.5 Å². The molecule has 0 heterocycles. The summed E-state index contributed by atoms with van der Waals surface area (Å²) < 4.78 is 54.0. The molecular formula is C14H21O7S-. The van der Waals surface area contributed by atoms with Gasteiger partial charge in [0.05, 0.1) is 37.9 Å². The van der Waals surface area contributed by atoms with Crippen LogP contribution < -0.4 is 4.74 Å². The van der Waals surface area contributed by atoms with E-state index in [2.05, 4.69) is 0 Å². The molecule has 0 aliphatic carbocycles. The topological polar surface area (TPSA) is 94.1 Å². The van der Waals surface area contributed by atoms with Crippen LogP contribution in [0, 0.1) is 6.92 Å². The van der Waals surface area contributed by atoms with Gasteiger partial charge in [0.1, 0.15) is 22.5 Å². The van der Waals surface area contributed by atoms with E-state index in [9.17, 15) is 13.0 Å². The van der Waals surface area contributed by atoms with Crippen LogP contribution in [0.1, 0.15) is 5.56 Å². The molecule has 7 nitrogen and oxygen atoms in total. The predicted octanol–water partition coefficient (Wildman–Crippen LogP) is 0.958. The summed E-state index contributed by atoms with van der Waals surface area (Å²) in [4.78, 5) is -0.360. The zero-order valence-corrected chi connectivity index (χ0v) is 13.6. The summed E-state index contributed by atoms with van der Waals surface area (Å²) in [7, 11) is -2.96. The lowest BCUT2D eigenvalue weighted by Gasteiger charge is -2.14. The van der Waals surface area contributed by atoms with Crippen molar-refractivity contribution in [2.75, 3.05) is 46.8 Å². The number of benzene rings is 1. The average molecular weight is 333 g/mol. The molecule has 22 heavy (non-hydrogen) atoms. The van der Waals surface area contributed by atoms with Gasteiger partial charge in [-0.25, -0.2) is 8.42 Å². The van der Waals surface area contributed by atoms with Crippen LogP contribution >= 0.6 is 0 Å². The van der Waals surface area contributed by atoms with Crippen molar-refractivity contribution in [2.45, 2.75) is 11.8 Å². The molecule has 0 unspecified atom stereocenters. The van der Waals surface area contributed by atoms with Gasteiger partial charge in [-0.1, -0.05) is 6.07 Å². The molecule has 1 aromatic carbocycles. The van der Waals surface area contributed by atoms with Gasteiger partial charge in [0, 0.05) is 7.11 Å². The maximum absolute atomic E-state index is 11.1. The Kier molecular flexibility index (Phi) is 8.36. The smallest absolute Gasteiger partial charge is 0.137 e. The summed E-state index contributed by atoms with van der Waals surface area (Å²) >= 11 is 0. The van der Waals surface area contributed by atoms with E-state index < -0.39 is 10.1 Å². The molecule has 1 rings (SSSR count). The first-order valence-corrected chi connectivity index (χ1v) is 8.19. The lowest BCUT2D eigenvalue weighted by atomic mass is 10.2. The fraction of sp³-hybridized carbons (Fsp3) is 0.571. The maximum atomic E-state index is 11.1. The van der Waals surface area contributed by atoms with Crippen molar-refractivity contribution in [2.24, 2.45) is 0 Å². The fourth-order valence-electron chi connectivity index (χ4n) is 1.61. The molecule has 0 amide bonds. The highest BCUT2D eigenvalue weighted by atomic mass is 32.2. The summed E-state index contributed by atoms with van der Waals surface area (Å²) in [6.45, 7) is 4.06. The van der Waals surface area contributed by atoms with Crippen molar-refractivity contribution >= 4 is 10.1 Å². The summed E-state index contributed by atoms with van der Waals surface area (Å²) in [5, 5.41) is 0. The number of methoxy groups -OCH3 is 1. The third-order valence-corrected chi connectivity index (χ3v) is 3.53. The molecule has 0 bridgehead atoms. The van der Waals surface area contributed by atoms with Crippen molar-refractivity contribution < 1.29 is 31.9 Å². The van der Waals surface area contributed by atoms with Crippen molar-refractivity contribution in [1.82, 2.24) is 0 Å². The molecule has 0 saturated heterocycles. The molecule has 0 atom stereocenters. The zero-order valence-electron chi connectivity index (χ0n) is 12.7. The highest BCUT2D eigenvalue weighted by molar-refractivity contribution is 7.85. The molecule has 0 spiro atoms. The van der Waals surface area contributed by atoms with E-state index >= 15 is 0 Å². The van der Waals surface area contributed by atoms with Gasteiger partial charge in [-0.2, -0.15) is 0 Å². The number of rotatable bonds is 11. The third kappa shape index (κ3) is 7.19. The molecular weight excluding hydrogens is 312 g/mol. The van der Waals surface area contributed by atoms with E-state index in [1.54, 1.807) is 20.1 Å². The molecule has 0 fully saturated rings. The second kappa shape index (κ2) is 9.75. The van der Waals surface area contributed by atoms with E-state index in [1.807, 2.05) is 0 Å². The van der Waals surface area contributed by atoms with Crippen LogP contribution in [0.15, 0.2) is 23.1 Å². The molecule has 0 N–H and O–H groups in total. The molecule has 8 heteroatoms. The molecule has 0 aliphatic rings. The van der Waals surface area contributed by atoms with E-state index in [1.165, 1.54) is 12.1 Å². The van der Waals surface area contributed by atoms with Crippen molar-refractivity contribution in [1.29, 1.82) is 0 Å². The van der Waals surface area contributed by atoms with Gasteiger partial charge in [-0.15, -0.1) is 0 Å². The van der Waals surface area contributed by atoms with Gasteiger partial charge in [-0.05, 0) is 24.6 Å². The van der Waals surface area contributed by atoms with Gasteiger partial charge in [-0.3, -0.25) is 0 Å². The molecule has 1 aromatic rings. The van der Waals surface area contributed by atoms with Gasteiger partial charge in [0.2, 0.25) is 0 Å². The lowest BCUT2D eigenvalue weighted by molar-refractivity contribution is 0.0177. The average Bonchev–Trinajstić information content (AvgIpc) is 2.44. The fourth-order valence-corrected chi connectivity index (χ4v) is 2.21. The standard InChI is InChI=1S/C14H22O7S/c1-12-3-4-14(22(15,16)17)13(11-12)21-10-9-20-8-7-19-6-5-18-2/h3-4,11H,5-10H2,1-2H3,(H,15,16,17)/p-1. The summed E-state index contributed by atoms with van der Waals surface area (Å²) in [5.41, 5.74) is 0.801. The third-order valence-electron chi connectivity index (χ3n) is 2.66. The van der Waals surface area contributed by atoms with Gasteiger partial charge >= 0.3 is 0 Å². The predicted molar refractivity (Wildman–Crippen MR) is 78.2 cm³/mol. The number of hydrogen-bond acceptors (Lipinski definition) is 7. The summed E-state index contributed by atoms with van der Waals surface area (Å²) in [6.07, 6.45) is 0. The normalized spacial score (nSPS) is 11.6. The lowest BCUT2D eigenvalue weighted by Crippen LogP contribution is -2.13. The molecule has 0 aliphatic heterocycles. The summed E-state index contributed by atoms with van der Waals surface area (Å²) in [5.74, 6) is 0.0509. The monoisotopic (exact) mass is 333 g/mol. The maximum Gasteiger partial charge on any atom is 0.137 e. The van der Waals surface area contributed by atoms with E-state index in [0.29, 0.717) is 26.4 Å². The number of aryl methyl sites for hydroxylation is 1. The molecule has 126 valence electrons. The SMILES string of the molecule is COCCOCCOCCOc1cc(C)ccc1S(=O)(=O)[O-]. The highest BCUT2D eigenvalue weighted by Crippen LogP contribution is 2.24. The molecule has 0 aromatic heterocycles. The number of ether oxygens (including phenoxy) is 4. The van der Waals surface area contributed by atoms with Crippen LogP contribution in [0.25, 0.3) is 0 Å². The van der Waals surface area contributed by atoms with Crippen LogP contribution in [-0.2, 0) is 24.3 Å². The van der Waals surface area contributed by atoms with Crippen LogP contribution in [0.2, 0.25) is 0 Å². The van der Waals surface area contributed by atoms with Gasteiger partial charge in [0.15, 0.2) is 0 Å². The first-order valence-electron chi connectivity index (χ1n) is 6.79. The minimum Gasteiger partial charge on any atom is -0.744 e. The minimum atomic E-state index is -4.56. The van der Waals surface area contributed by atoms with Crippen molar-refractivity contribution in [3.8, 4) is 5.75 Å². The minimum absolute atomic E-state index is 0.0509. The molecule has 0 saturated carbocycles. The largest absolute Gasteiger partial charge is 0.744 e. The van der Waals surface area contributed by atoms with Crippen molar-refractivity contribution in [3.63, 3.8) is 0 Å². The Morgan fingerprint density at radius 2 is 1.59 bits per heavy atom. The quantitative estimate of drug-likeness (QED) is 0.440. The first-order chi connectivity index (χ1) is 10.4. The molecule has 0 radical (unpaired) electrons. The van der Waals surface area contributed by atoms with Crippen LogP contribution in [0.3, 0.4) is 0 Å². The Balaban J connectivity index is 2.32. The Labute approximate surface area is 130 Å². The Morgan fingerprint density at radius 3 is 2.18 bits per heavy atom. The Morgan fingerprint density at radius 1 is 1.00 bits per heavy atom. The number of hydrogen-bond donors (Lipinski definition) is 0. The highest BCUT2D eigenvalue weighted by Gasteiger charge is 2.10. The van der Waals surface area contributed by atoms with E-state index in [4.69, 9.17) is 18.9 Å². The Bertz CT molecular complexity index is 542. The van der Waals surface area contributed by atoms with Crippen molar-refractivity contribution in [3.05, 3.63) is 23.8 Å². The van der Waals surface area contributed by atoms with Crippen LogP contribution in [0.5, 0.6) is 5.75 Å². The zero-order chi connectivity index (χ0) is 16.4.